The van der Waals surface area contributed by atoms with Gasteiger partial charge in [-0.15, -0.1) is 0 Å². The predicted octanol–water partition coefficient (Wildman–Crippen LogP) is 3.67. The van der Waals surface area contributed by atoms with E-state index in [0.717, 1.165) is 5.56 Å². The summed E-state index contributed by atoms with van der Waals surface area (Å²) in [4.78, 5) is 20.5. The Kier molecular flexibility index (Phi) is 4.10. The van der Waals surface area contributed by atoms with Gasteiger partial charge in [-0.2, -0.15) is 0 Å². The first kappa shape index (κ1) is 15.9. The Hall–Kier alpha value is -3.61. The lowest BCUT2D eigenvalue weighted by Crippen LogP contribution is -2.21. The van der Waals surface area contributed by atoms with Crippen LogP contribution in [0.1, 0.15) is 11.8 Å². The Morgan fingerprint density at radius 2 is 2.00 bits per heavy atom. The molecule has 1 atom stereocenters. The number of hydrogen-bond acceptors (Lipinski definition) is 5. The number of carboxylic acids is 1. The number of oxazole rings is 1. The molecule has 0 bridgehead atoms. The summed E-state index contributed by atoms with van der Waals surface area (Å²) in [5, 5.41) is 9.66. The highest BCUT2D eigenvalue weighted by Gasteiger charge is 2.25. The topological polar surface area (TPSA) is 94.3 Å². The van der Waals surface area contributed by atoms with Crippen LogP contribution in [-0.2, 0) is 11.2 Å². The van der Waals surface area contributed by atoms with Crippen molar-refractivity contribution in [3.8, 4) is 23.0 Å². The first-order valence-electron chi connectivity index (χ1n) is 8.01. The van der Waals surface area contributed by atoms with Gasteiger partial charge in [-0.05, 0) is 24.3 Å². The van der Waals surface area contributed by atoms with Crippen molar-refractivity contribution in [1.29, 1.82) is 0 Å². The van der Waals surface area contributed by atoms with Crippen molar-refractivity contribution >= 4 is 5.97 Å². The molecule has 4 rings (SSSR count). The van der Waals surface area contributed by atoms with Gasteiger partial charge in [-0.3, -0.25) is 0 Å². The molecule has 26 heavy (non-hydrogen) atoms. The van der Waals surface area contributed by atoms with Gasteiger partial charge >= 0.3 is 5.97 Å². The lowest BCUT2D eigenvalue weighted by molar-refractivity contribution is -0.140. The van der Waals surface area contributed by atoms with E-state index in [-0.39, 0.29) is 6.42 Å². The molecule has 0 fully saturated rings. The van der Waals surface area contributed by atoms with Crippen molar-refractivity contribution in [3.63, 3.8) is 0 Å². The predicted molar refractivity (Wildman–Crippen MR) is 92.2 cm³/mol. The summed E-state index contributed by atoms with van der Waals surface area (Å²) in [5.74, 6) is 0.484. The highest BCUT2D eigenvalue weighted by Crippen LogP contribution is 2.26. The van der Waals surface area contributed by atoms with Gasteiger partial charge in [0.2, 0.25) is 5.89 Å². The molecule has 0 aliphatic rings. The second-order valence-electron chi connectivity index (χ2n) is 5.70. The maximum Gasteiger partial charge on any atom is 0.327 e. The Balaban J connectivity index is 1.68. The number of furan rings is 1. The lowest BCUT2D eigenvalue weighted by Gasteiger charge is -2.14. The minimum absolute atomic E-state index is 0.203. The molecule has 7 nitrogen and oxygen atoms in total. The van der Waals surface area contributed by atoms with Crippen molar-refractivity contribution < 1.29 is 18.7 Å². The van der Waals surface area contributed by atoms with Crippen molar-refractivity contribution in [2.45, 2.75) is 12.5 Å². The second kappa shape index (κ2) is 6.72. The van der Waals surface area contributed by atoms with Gasteiger partial charge in [-0.1, -0.05) is 18.2 Å². The fourth-order valence-electron chi connectivity index (χ4n) is 2.78. The molecule has 0 aliphatic carbocycles. The van der Waals surface area contributed by atoms with Crippen LogP contribution in [0.4, 0.5) is 0 Å². The van der Waals surface area contributed by atoms with Gasteiger partial charge in [0.1, 0.15) is 23.8 Å². The lowest BCUT2D eigenvalue weighted by atomic mass is 10.1. The van der Waals surface area contributed by atoms with E-state index >= 15 is 0 Å². The third kappa shape index (κ3) is 3.02. The Morgan fingerprint density at radius 1 is 1.15 bits per heavy atom. The average molecular weight is 349 g/mol. The molecule has 130 valence electrons. The molecule has 0 unspecified atom stereocenters. The molecular formula is C19H15N3O4. The van der Waals surface area contributed by atoms with Crippen molar-refractivity contribution in [2.24, 2.45) is 0 Å². The van der Waals surface area contributed by atoms with E-state index < -0.39 is 12.0 Å². The quantitative estimate of drug-likeness (QED) is 0.571. The highest BCUT2D eigenvalue weighted by molar-refractivity contribution is 5.73. The Labute approximate surface area is 148 Å². The molecule has 4 aromatic rings. The maximum atomic E-state index is 11.8. The van der Waals surface area contributed by atoms with Gasteiger partial charge in [0.25, 0.3) is 0 Å². The molecule has 0 saturated carbocycles. The van der Waals surface area contributed by atoms with Crippen LogP contribution >= 0.6 is 0 Å². The largest absolute Gasteiger partial charge is 0.480 e. The van der Waals surface area contributed by atoms with E-state index in [1.54, 1.807) is 29.1 Å². The summed E-state index contributed by atoms with van der Waals surface area (Å²) in [6, 6.07) is 12.1. The van der Waals surface area contributed by atoms with Crippen LogP contribution in [0.25, 0.3) is 23.0 Å². The van der Waals surface area contributed by atoms with E-state index in [9.17, 15) is 9.90 Å². The molecule has 0 radical (unpaired) electrons. The third-order valence-corrected chi connectivity index (χ3v) is 4.02. The molecule has 0 saturated heterocycles. The normalized spacial score (nSPS) is 12.2. The summed E-state index contributed by atoms with van der Waals surface area (Å²) in [6.07, 6.45) is 6.37. The first-order chi connectivity index (χ1) is 12.7. The highest BCUT2D eigenvalue weighted by atomic mass is 16.4. The van der Waals surface area contributed by atoms with Crippen molar-refractivity contribution in [2.75, 3.05) is 0 Å². The molecule has 1 aromatic carbocycles. The molecule has 3 heterocycles. The number of carboxylic acid groups (broad SMARTS) is 1. The maximum absolute atomic E-state index is 11.8. The second-order valence-corrected chi connectivity index (χ2v) is 5.70. The van der Waals surface area contributed by atoms with E-state index in [4.69, 9.17) is 8.83 Å². The minimum Gasteiger partial charge on any atom is -0.480 e. The van der Waals surface area contributed by atoms with Crippen LogP contribution in [0.3, 0.4) is 0 Å². The summed E-state index contributed by atoms with van der Waals surface area (Å²) in [5.41, 5.74) is 1.31. The number of carbonyl (C=O) groups is 1. The van der Waals surface area contributed by atoms with Gasteiger partial charge in [0.05, 0.1) is 6.26 Å². The number of rotatable bonds is 6. The van der Waals surface area contributed by atoms with Gasteiger partial charge < -0.3 is 18.5 Å². The first-order valence-corrected chi connectivity index (χ1v) is 8.01. The number of aromatic nitrogens is 3. The van der Waals surface area contributed by atoms with Crippen LogP contribution in [0, 0.1) is 0 Å². The zero-order chi connectivity index (χ0) is 17.9. The van der Waals surface area contributed by atoms with Crippen LogP contribution in [0.5, 0.6) is 0 Å². The number of benzene rings is 1. The fraction of sp³-hybridized carbons (Fsp3) is 0.105. The number of aliphatic carboxylic acids is 1. The van der Waals surface area contributed by atoms with E-state index in [2.05, 4.69) is 9.97 Å². The standard InChI is InChI=1S/C19H15N3O4/c23-19(24)16(11-14-7-4-10-25-14)22-9-8-20-17(22)15-12-26-18(21-15)13-5-2-1-3-6-13/h1-10,12,16H,11H2,(H,23,24)/t16-/m0/s1. The smallest absolute Gasteiger partial charge is 0.327 e. The van der Waals surface area contributed by atoms with Crippen molar-refractivity contribution in [3.05, 3.63) is 73.1 Å². The van der Waals surface area contributed by atoms with Crippen LogP contribution in [-0.4, -0.2) is 25.6 Å². The molecule has 0 aliphatic heterocycles. The molecule has 1 N–H and O–H groups in total. The zero-order valence-corrected chi connectivity index (χ0v) is 13.6. The number of imidazole rings is 1. The van der Waals surface area contributed by atoms with Gasteiger partial charge in [0.15, 0.2) is 5.82 Å². The van der Waals surface area contributed by atoms with Crippen LogP contribution < -0.4 is 0 Å². The zero-order valence-electron chi connectivity index (χ0n) is 13.6. The van der Waals surface area contributed by atoms with Crippen LogP contribution in [0.2, 0.25) is 0 Å². The fourth-order valence-corrected chi connectivity index (χ4v) is 2.78. The summed E-state index contributed by atoms with van der Waals surface area (Å²) in [7, 11) is 0. The van der Waals surface area contributed by atoms with E-state index in [0.29, 0.717) is 23.2 Å². The summed E-state index contributed by atoms with van der Waals surface area (Å²) < 4.78 is 12.4. The summed E-state index contributed by atoms with van der Waals surface area (Å²) >= 11 is 0. The van der Waals surface area contributed by atoms with Crippen molar-refractivity contribution in [1.82, 2.24) is 14.5 Å². The monoisotopic (exact) mass is 349 g/mol. The van der Waals surface area contributed by atoms with E-state index in [1.807, 2.05) is 30.3 Å². The van der Waals surface area contributed by atoms with E-state index in [1.165, 1.54) is 12.5 Å². The molecule has 3 aromatic heterocycles. The SMILES string of the molecule is O=C(O)[C@H](Cc1ccco1)n1ccnc1-c1coc(-c2ccccc2)n1. The Morgan fingerprint density at radius 3 is 2.73 bits per heavy atom. The van der Waals surface area contributed by atoms with Gasteiger partial charge in [0, 0.05) is 24.4 Å². The third-order valence-electron chi connectivity index (χ3n) is 4.02. The Bertz CT molecular complexity index is 1000. The molecule has 0 amide bonds. The molecule has 7 heteroatoms. The summed E-state index contributed by atoms with van der Waals surface area (Å²) in [6.45, 7) is 0. The molecule has 0 spiro atoms. The minimum atomic E-state index is -0.979. The number of nitrogens with zero attached hydrogens (tertiary/aromatic N) is 3. The van der Waals surface area contributed by atoms with Gasteiger partial charge in [-0.25, -0.2) is 14.8 Å². The molecular weight excluding hydrogens is 334 g/mol. The van der Waals surface area contributed by atoms with Crippen LogP contribution in [0.15, 0.2) is 76.2 Å². The average Bonchev–Trinajstić information content (AvgIpc) is 3.40. The number of hydrogen-bond donors (Lipinski definition) is 1.